The van der Waals surface area contributed by atoms with Crippen LogP contribution in [0.4, 0.5) is 0 Å². The molecule has 0 aromatic carbocycles. The molecule has 0 saturated heterocycles. The van der Waals surface area contributed by atoms with Gasteiger partial charge in [-0.25, -0.2) is 0 Å². The van der Waals surface area contributed by atoms with Gasteiger partial charge < -0.3 is 10.8 Å². The normalized spacial score (nSPS) is 13.7. The smallest absolute Gasteiger partial charge is 0.0558 e. The Morgan fingerprint density at radius 1 is 1.54 bits per heavy atom. The number of aliphatic hydroxyl groups excluding tert-OH is 1. The molecule has 0 rings (SSSR count). The van der Waals surface area contributed by atoms with Gasteiger partial charge in [0, 0.05) is 25.7 Å². The van der Waals surface area contributed by atoms with Gasteiger partial charge in [0.15, 0.2) is 0 Å². The number of nitrogens with two attached hydrogens (primary N) is 1. The molecule has 13 heavy (non-hydrogen) atoms. The quantitative estimate of drug-likeness (QED) is 0.568. The number of aliphatic hydroxyl groups is 1. The third kappa shape index (κ3) is 4.41. The van der Waals surface area contributed by atoms with Gasteiger partial charge in [0.1, 0.15) is 0 Å². The van der Waals surface area contributed by atoms with Crippen molar-refractivity contribution in [2.24, 2.45) is 11.7 Å². The first kappa shape index (κ1) is 12.6. The van der Waals surface area contributed by atoms with Gasteiger partial charge in [-0.3, -0.25) is 4.90 Å². The molecule has 0 aliphatic heterocycles. The summed E-state index contributed by atoms with van der Waals surface area (Å²) in [5, 5.41) is 8.87. The monoisotopic (exact) mass is 186 g/mol. The van der Waals surface area contributed by atoms with Crippen molar-refractivity contribution in [2.75, 3.05) is 26.2 Å². The van der Waals surface area contributed by atoms with Gasteiger partial charge in [-0.1, -0.05) is 19.9 Å². The van der Waals surface area contributed by atoms with Crippen molar-refractivity contribution in [3.63, 3.8) is 0 Å². The molecule has 78 valence electrons. The first-order chi connectivity index (χ1) is 6.17. The summed E-state index contributed by atoms with van der Waals surface area (Å²) < 4.78 is 0. The van der Waals surface area contributed by atoms with E-state index < -0.39 is 0 Å². The maximum Gasteiger partial charge on any atom is 0.0558 e. The molecule has 3 nitrogen and oxygen atoms in total. The highest BCUT2D eigenvalue weighted by molar-refractivity contribution is 4.81. The molecule has 3 N–H and O–H groups in total. The Morgan fingerprint density at radius 2 is 2.15 bits per heavy atom. The molecule has 0 saturated carbocycles. The van der Waals surface area contributed by atoms with Gasteiger partial charge in [0.05, 0.1) is 6.61 Å². The molecule has 0 spiro atoms. The fourth-order valence-electron chi connectivity index (χ4n) is 1.53. The van der Waals surface area contributed by atoms with Crippen LogP contribution in [0.25, 0.3) is 0 Å². The Labute approximate surface area is 81.2 Å². The molecule has 0 aromatic heterocycles. The van der Waals surface area contributed by atoms with E-state index in [1.165, 1.54) is 0 Å². The summed E-state index contributed by atoms with van der Waals surface area (Å²) in [5.41, 5.74) is 5.68. The van der Waals surface area contributed by atoms with E-state index in [0.717, 1.165) is 6.54 Å². The van der Waals surface area contributed by atoms with Crippen molar-refractivity contribution >= 4 is 0 Å². The van der Waals surface area contributed by atoms with E-state index in [1.54, 1.807) is 0 Å². The molecule has 0 bridgehead atoms. The topological polar surface area (TPSA) is 49.5 Å². The molecule has 1 unspecified atom stereocenters. The Bertz CT molecular complexity index is 137. The first-order valence-electron chi connectivity index (χ1n) is 4.83. The summed E-state index contributed by atoms with van der Waals surface area (Å²) in [4.78, 5) is 2.16. The summed E-state index contributed by atoms with van der Waals surface area (Å²) in [7, 11) is 0. The Kier molecular flexibility index (Phi) is 6.86. The van der Waals surface area contributed by atoms with Crippen molar-refractivity contribution in [3.8, 4) is 0 Å². The highest BCUT2D eigenvalue weighted by Crippen LogP contribution is 2.08. The van der Waals surface area contributed by atoms with E-state index >= 15 is 0 Å². The standard InChI is InChI=1S/C10H22N2O/c1-4-5-12(6-7-13)10(8-11)9(2)3/h4,9-10,13H,1,5-8,11H2,2-3H3. The zero-order chi connectivity index (χ0) is 10.3. The van der Waals surface area contributed by atoms with Crippen molar-refractivity contribution in [1.29, 1.82) is 0 Å². The van der Waals surface area contributed by atoms with Crippen LogP contribution in [0.5, 0.6) is 0 Å². The average molecular weight is 186 g/mol. The fraction of sp³-hybridized carbons (Fsp3) is 0.800. The van der Waals surface area contributed by atoms with Crippen LogP contribution in [0.1, 0.15) is 13.8 Å². The van der Waals surface area contributed by atoms with Crippen molar-refractivity contribution < 1.29 is 5.11 Å². The van der Waals surface area contributed by atoms with Gasteiger partial charge in [-0.05, 0) is 5.92 Å². The maximum absolute atomic E-state index is 8.87. The molecular formula is C10H22N2O. The molecule has 3 heteroatoms. The predicted octanol–water partition coefficient (Wildman–Crippen LogP) is 0.450. The molecule has 0 heterocycles. The number of hydrogen-bond donors (Lipinski definition) is 2. The second kappa shape index (κ2) is 7.06. The lowest BCUT2D eigenvalue weighted by Gasteiger charge is -2.32. The number of rotatable bonds is 7. The first-order valence-corrected chi connectivity index (χ1v) is 4.83. The summed E-state index contributed by atoms with van der Waals surface area (Å²) in [6.45, 7) is 10.3. The van der Waals surface area contributed by atoms with E-state index in [2.05, 4.69) is 25.3 Å². The lowest BCUT2D eigenvalue weighted by molar-refractivity contribution is 0.139. The van der Waals surface area contributed by atoms with E-state index in [0.29, 0.717) is 25.0 Å². The Hall–Kier alpha value is -0.380. The van der Waals surface area contributed by atoms with Gasteiger partial charge in [-0.15, -0.1) is 6.58 Å². The number of hydrogen-bond acceptors (Lipinski definition) is 3. The summed E-state index contributed by atoms with van der Waals surface area (Å²) in [5.74, 6) is 0.511. The van der Waals surface area contributed by atoms with Crippen LogP contribution < -0.4 is 5.73 Å². The van der Waals surface area contributed by atoms with Crippen LogP contribution in [-0.4, -0.2) is 42.3 Å². The van der Waals surface area contributed by atoms with E-state index in [9.17, 15) is 0 Å². The van der Waals surface area contributed by atoms with Gasteiger partial charge >= 0.3 is 0 Å². The van der Waals surface area contributed by atoms with Crippen molar-refractivity contribution in [3.05, 3.63) is 12.7 Å². The average Bonchev–Trinajstić information content (AvgIpc) is 2.05. The van der Waals surface area contributed by atoms with E-state index in [1.807, 2.05) is 6.08 Å². The minimum atomic E-state index is 0.178. The third-order valence-electron chi connectivity index (χ3n) is 2.23. The summed E-state index contributed by atoms with van der Waals surface area (Å²) in [6, 6.07) is 0.338. The lowest BCUT2D eigenvalue weighted by atomic mass is 10.0. The van der Waals surface area contributed by atoms with Gasteiger partial charge in [0.25, 0.3) is 0 Å². The minimum absolute atomic E-state index is 0.178. The van der Waals surface area contributed by atoms with Gasteiger partial charge in [0.2, 0.25) is 0 Å². The molecule has 0 aliphatic rings. The Balaban J connectivity index is 4.19. The van der Waals surface area contributed by atoms with Gasteiger partial charge in [-0.2, -0.15) is 0 Å². The minimum Gasteiger partial charge on any atom is -0.395 e. The molecule has 0 radical (unpaired) electrons. The zero-order valence-electron chi connectivity index (χ0n) is 8.74. The molecule has 0 aliphatic carbocycles. The highest BCUT2D eigenvalue weighted by Gasteiger charge is 2.18. The molecular weight excluding hydrogens is 164 g/mol. The number of nitrogens with zero attached hydrogens (tertiary/aromatic N) is 1. The second-order valence-electron chi connectivity index (χ2n) is 3.55. The van der Waals surface area contributed by atoms with Crippen LogP contribution in [-0.2, 0) is 0 Å². The van der Waals surface area contributed by atoms with Crippen LogP contribution in [0.15, 0.2) is 12.7 Å². The highest BCUT2D eigenvalue weighted by atomic mass is 16.3. The maximum atomic E-state index is 8.87. The Morgan fingerprint density at radius 3 is 2.46 bits per heavy atom. The summed E-state index contributed by atoms with van der Waals surface area (Å²) in [6.07, 6.45) is 1.85. The third-order valence-corrected chi connectivity index (χ3v) is 2.23. The molecule has 0 aromatic rings. The second-order valence-corrected chi connectivity index (χ2v) is 3.55. The van der Waals surface area contributed by atoms with Crippen LogP contribution in [0, 0.1) is 5.92 Å². The predicted molar refractivity (Wildman–Crippen MR) is 56.5 cm³/mol. The van der Waals surface area contributed by atoms with E-state index in [-0.39, 0.29) is 6.61 Å². The zero-order valence-corrected chi connectivity index (χ0v) is 8.74. The lowest BCUT2D eigenvalue weighted by Crippen LogP contribution is -2.45. The SMILES string of the molecule is C=CCN(CCO)C(CN)C(C)C. The van der Waals surface area contributed by atoms with Crippen LogP contribution >= 0.6 is 0 Å². The molecule has 1 atom stereocenters. The van der Waals surface area contributed by atoms with Crippen molar-refractivity contribution in [1.82, 2.24) is 4.90 Å². The van der Waals surface area contributed by atoms with E-state index in [4.69, 9.17) is 10.8 Å². The van der Waals surface area contributed by atoms with Crippen molar-refractivity contribution in [2.45, 2.75) is 19.9 Å². The summed E-state index contributed by atoms with van der Waals surface area (Å²) >= 11 is 0. The van der Waals surface area contributed by atoms with Crippen LogP contribution in [0.3, 0.4) is 0 Å². The largest absolute Gasteiger partial charge is 0.395 e. The van der Waals surface area contributed by atoms with Crippen LogP contribution in [0.2, 0.25) is 0 Å². The molecule has 0 amide bonds. The molecule has 0 fully saturated rings. The fourth-order valence-corrected chi connectivity index (χ4v) is 1.53.